The zero-order valence-electron chi connectivity index (χ0n) is 11.6. The lowest BCUT2D eigenvalue weighted by molar-refractivity contribution is -0.387. The van der Waals surface area contributed by atoms with Crippen LogP contribution in [0.25, 0.3) is 0 Å². The standard InChI is InChI=1S/C13H19N3O4S/c14-9-11(10-5-1-2-6-10)15-21(19,20)13-8-4-3-7-12(13)16(17)18/h3-4,7-8,10-11,15H,1-2,5-6,9,14H2. The topological polar surface area (TPSA) is 115 Å². The molecule has 1 fully saturated rings. The summed E-state index contributed by atoms with van der Waals surface area (Å²) < 4.78 is 27.4. The number of hydrogen-bond acceptors (Lipinski definition) is 5. The van der Waals surface area contributed by atoms with Gasteiger partial charge < -0.3 is 5.73 Å². The number of nitro groups is 1. The average Bonchev–Trinajstić information content (AvgIpc) is 2.99. The molecular formula is C13H19N3O4S. The summed E-state index contributed by atoms with van der Waals surface area (Å²) in [5.41, 5.74) is 5.25. The summed E-state index contributed by atoms with van der Waals surface area (Å²) in [6.45, 7) is 0.185. The van der Waals surface area contributed by atoms with E-state index >= 15 is 0 Å². The van der Waals surface area contributed by atoms with E-state index in [-0.39, 0.29) is 23.4 Å². The Kier molecular flexibility index (Phi) is 4.92. The Morgan fingerprint density at radius 1 is 1.33 bits per heavy atom. The van der Waals surface area contributed by atoms with Crippen LogP contribution in [-0.2, 0) is 10.0 Å². The van der Waals surface area contributed by atoms with E-state index in [9.17, 15) is 18.5 Å². The van der Waals surface area contributed by atoms with Crippen molar-refractivity contribution in [2.75, 3.05) is 6.54 Å². The number of nitro benzene ring substituents is 1. The molecule has 0 spiro atoms. The zero-order valence-corrected chi connectivity index (χ0v) is 12.4. The van der Waals surface area contributed by atoms with Crippen molar-refractivity contribution >= 4 is 15.7 Å². The van der Waals surface area contributed by atoms with E-state index in [1.54, 1.807) is 0 Å². The molecule has 1 atom stereocenters. The first-order valence-corrected chi connectivity index (χ1v) is 8.40. The van der Waals surface area contributed by atoms with E-state index < -0.39 is 20.6 Å². The molecule has 7 nitrogen and oxygen atoms in total. The summed E-state index contributed by atoms with van der Waals surface area (Å²) in [5, 5.41) is 11.0. The van der Waals surface area contributed by atoms with Gasteiger partial charge in [-0.1, -0.05) is 25.0 Å². The van der Waals surface area contributed by atoms with Crippen molar-refractivity contribution in [1.82, 2.24) is 4.72 Å². The molecule has 1 saturated carbocycles. The minimum absolute atomic E-state index is 0.185. The fourth-order valence-corrected chi connectivity index (χ4v) is 4.28. The van der Waals surface area contributed by atoms with E-state index in [1.165, 1.54) is 24.3 Å². The highest BCUT2D eigenvalue weighted by atomic mass is 32.2. The first-order chi connectivity index (χ1) is 9.95. The molecule has 1 unspecified atom stereocenters. The number of nitrogens with two attached hydrogens (primary N) is 1. The number of rotatable bonds is 6. The summed E-state index contributed by atoms with van der Waals surface area (Å²) in [5.74, 6) is 0.201. The Balaban J connectivity index is 2.27. The second-order valence-corrected chi connectivity index (χ2v) is 6.92. The van der Waals surface area contributed by atoms with Gasteiger partial charge in [-0.25, -0.2) is 13.1 Å². The molecule has 3 N–H and O–H groups in total. The Bertz CT molecular complexity index is 612. The van der Waals surface area contributed by atoms with Gasteiger partial charge in [0.15, 0.2) is 4.90 Å². The van der Waals surface area contributed by atoms with E-state index in [4.69, 9.17) is 5.73 Å². The SMILES string of the molecule is NCC(NS(=O)(=O)c1ccccc1[N+](=O)[O-])C1CCCC1. The maximum absolute atomic E-state index is 12.4. The number of benzene rings is 1. The van der Waals surface area contributed by atoms with Crippen LogP contribution < -0.4 is 10.5 Å². The third kappa shape index (κ3) is 3.58. The minimum atomic E-state index is -3.96. The summed E-state index contributed by atoms with van der Waals surface area (Å²) >= 11 is 0. The van der Waals surface area contributed by atoms with Crippen molar-refractivity contribution in [2.45, 2.75) is 36.6 Å². The van der Waals surface area contributed by atoms with Crippen molar-refractivity contribution in [2.24, 2.45) is 11.7 Å². The normalized spacial score (nSPS) is 17.8. The van der Waals surface area contributed by atoms with Gasteiger partial charge in [-0.2, -0.15) is 0 Å². The van der Waals surface area contributed by atoms with Gasteiger partial charge in [0.2, 0.25) is 10.0 Å². The van der Waals surface area contributed by atoms with Crippen LogP contribution in [0, 0.1) is 16.0 Å². The molecule has 0 heterocycles. The van der Waals surface area contributed by atoms with Crippen molar-refractivity contribution in [3.63, 3.8) is 0 Å². The maximum Gasteiger partial charge on any atom is 0.289 e. The lowest BCUT2D eigenvalue weighted by Gasteiger charge is -2.22. The largest absolute Gasteiger partial charge is 0.329 e. The molecular weight excluding hydrogens is 294 g/mol. The average molecular weight is 313 g/mol. The molecule has 0 bridgehead atoms. The van der Waals surface area contributed by atoms with Gasteiger partial charge in [0.25, 0.3) is 5.69 Å². The van der Waals surface area contributed by atoms with Crippen molar-refractivity contribution in [3.05, 3.63) is 34.4 Å². The quantitative estimate of drug-likeness (QED) is 0.608. The first-order valence-electron chi connectivity index (χ1n) is 6.91. The summed E-state index contributed by atoms with van der Waals surface area (Å²) in [7, 11) is -3.96. The molecule has 1 aliphatic rings. The molecule has 1 aromatic carbocycles. The molecule has 0 radical (unpaired) electrons. The van der Waals surface area contributed by atoms with Crippen LogP contribution in [0.5, 0.6) is 0 Å². The minimum Gasteiger partial charge on any atom is -0.329 e. The summed E-state index contributed by atoms with van der Waals surface area (Å²) in [4.78, 5) is 9.96. The Morgan fingerprint density at radius 3 is 2.52 bits per heavy atom. The van der Waals surface area contributed by atoms with Crippen LogP contribution >= 0.6 is 0 Å². The fourth-order valence-electron chi connectivity index (χ4n) is 2.79. The van der Waals surface area contributed by atoms with Crippen LogP contribution in [-0.4, -0.2) is 25.9 Å². The third-order valence-corrected chi connectivity index (χ3v) is 5.42. The molecule has 2 rings (SSSR count). The second kappa shape index (κ2) is 6.50. The Morgan fingerprint density at radius 2 is 1.95 bits per heavy atom. The maximum atomic E-state index is 12.4. The lowest BCUT2D eigenvalue weighted by Crippen LogP contribution is -2.44. The second-order valence-electron chi connectivity index (χ2n) is 5.23. The van der Waals surface area contributed by atoms with E-state index in [0.717, 1.165) is 25.7 Å². The van der Waals surface area contributed by atoms with E-state index in [2.05, 4.69) is 4.72 Å². The summed E-state index contributed by atoms with van der Waals surface area (Å²) in [6.07, 6.45) is 3.99. The van der Waals surface area contributed by atoms with Gasteiger partial charge in [-0.05, 0) is 24.8 Å². The van der Waals surface area contributed by atoms with Gasteiger partial charge in [0.05, 0.1) is 4.92 Å². The molecule has 0 aromatic heterocycles. The summed E-state index contributed by atoms with van der Waals surface area (Å²) in [6, 6.07) is 4.95. The zero-order chi connectivity index (χ0) is 15.5. The van der Waals surface area contributed by atoms with Crippen LogP contribution in [0.3, 0.4) is 0 Å². The molecule has 1 aromatic rings. The number of sulfonamides is 1. The van der Waals surface area contributed by atoms with Crippen LogP contribution in [0.1, 0.15) is 25.7 Å². The fraction of sp³-hybridized carbons (Fsp3) is 0.538. The monoisotopic (exact) mass is 313 g/mol. The molecule has 0 amide bonds. The smallest absolute Gasteiger partial charge is 0.289 e. The number of hydrogen-bond donors (Lipinski definition) is 2. The highest BCUT2D eigenvalue weighted by molar-refractivity contribution is 7.89. The molecule has 1 aliphatic carbocycles. The molecule has 21 heavy (non-hydrogen) atoms. The van der Waals surface area contributed by atoms with Gasteiger partial charge in [-0.15, -0.1) is 0 Å². The molecule has 0 aliphatic heterocycles. The van der Waals surface area contributed by atoms with Crippen LogP contribution in [0.15, 0.2) is 29.2 Å². The van der Waals surface area contributed by atoms with E-state index in [0.29, 0.717) is 0 Å². The van der Waals surface area contributed by atoms with Gasteiger partial charge in [0.1, 0.15) is 0 Å². The van der Waals surface area contributed by atoms with Crippen LogP contribution in [0.4, 0.5) is 5.69 Å². The number of nitrogens with one attached hydrogen (secondary N) is 1. The predicted molar refractivity (Wildman–Crippen MR) is 78.2 cm³/mol. The Hall–Kier alpha value is -1.51. The van der Waals surface area contributed by atoms with Crippen molar-refractivity contribution < 1.29 is 13.3 Å². The number of para-hydroxylation sites is 1. The van der Waals surface area contributed by atoms with Gasteiger partial charge in [0, 0.05) is 18.7 Å². The Labute approximate surface area is 123 Å². The molecule has 0 saturated heterocycles. The van der Waals surface area contributed by atoms with Gasteiger partial charge in [-0.3, -0.25) is 10.1 Å². The highest BCUT2D eigenvalue weighted by Crippen LogP contribution is 2.29. The van der Waals surface area contributed by atoms with Crippen molar-refractivity contribution in [1.29, 1.82) is 0 Å². The lowest BCUT2D eigenvalue weighted by atomic mass is 9.99. The molecule has 8 heteroatoms. The highest BCUT2D eigenvalue weighted by Gasteiger charge is 2.31. The number of nitrogens with zero attached hydrogens (tertiary/aromatic N) is 1. The molecule has 116 valence electrons. The van der Waals surface area contributed by atoms with Crippen LogP contribution in [0.2, 0.25) is 0 Å². The third-order valence-electron chi connectivity index (χ3n) is 3.88. The van der Waals surface area contributed by atoms with E-state index in [1.807, 2.05) is 0 Å². The van der Waals surface area contributed by atoms with Crippen molar-refractivity contribution in [3.8, 4) is 0 Å². The predicted octanol–water partition coefficient (Wildman–Crippen LogP) is 1.39. The first kappa shape index (κ1) is 15.9. The van der Waals surface area contributed by atoms with Gasteiger partial charge >= 0.3 is 0 Å².